The molecule has 0 bridgehead atoms. The van der Waals surface area contributed by atoms with Crippen LogP contribution in [0.1, 0.15) is 11.4 Å². The number of hydrogen-bond donors (Lipinski definition) is 1. The smallest absolute Gasteiger partial charge is 0.278 e. The maximum Gasteiger partial charge on any atom is 0.278 e. The van der Waals surface area contributed by atoms with Crippen LogP contribution in [-0.4, -0.2) is 26.2 Å². The molecule has 102 valence electrons. The van der Waals surface area contributed by atoms with Crippen molar-refractivity contribution >= 4 is 0 Å². The molecule has 6 nitrogen and oxygen atoms in total. The van der Waals surface area contributed by atoms with Crippen LogP contribution in [0.25, 0.3) is 11.6 Å². The van der Waals surface area contributed by atoms with Gasteiger partial charge in [0.25, 0.3) is 5.89 Å². The van der Waals surface area contributed by atoms with E-state index in [1.807, 2.05) is 41.1 Å². The first-order chi connectivity index (χ1) is 9.85. The van der Waals surface area contributed by atoms with E-state index in [4.69, 9.17) is 10.3 Å². The first kappa shape index (κ1) is 12.6. The van der Waals surface area contributed by atoms with Crippen molar-refractivity contribution in [2.75, 3.05) is 6.54 Å². The van der Waals surface area contributed by atoms with Crippen LogP contribution in [-0.2, 0) is 13.0 Å². The van der Waals surface area contributed by atoms with Crippen LogP contribution in [0, 0.1) is 0 Å². The number of imidazole rings is 1. The summed E-state index contributed by atoms with van der Waals surface area (Å²) in [6.45, 7) is 1.29. The van der Waals surface area contributed by atoms with Gasteiger partial charge in [0.15, 0.2) is 5.82 Å². The summed E-state index contributed by atoms with van der Waals surface area (Å²) in [5.41, 5.74) is 7.32. The molecule has 0 aliphatic heterocycles. The molecule has 6 heteroatoms. The third-order valence-electron chi connectivity index (χ3n) is 2.91. The molecule has 0 aliphatic rings. The Hall–Kier alpha value is -2.47. The molecule has 0 amide bonds. The van der Waals surface area contributed by atoms with Crippen LogP contribution in [0.2, 0.25) is 0 Å². The van der Waals surface area contributed by atoms with E-state index < -0.39 is 0 Å². The maximum atomic E-state index is 5.50. The second-order valence-electron chi connectivity index (χ2n) is 4.46. The van der Waals surface area contributed by atoms with Crippen molar-refractivity contribution in [1.82, 2.24) is 19.7 Å². The van der Waals surface area contributed by atoms with Gasteiger partial charge in [-0.1, -0.05) is 35.5 Å². The van der Waals surface area contributed by atoms with E-state index >= 15 is 0 Å². The topological polar surface area (TPSA) is 82.8 Å². The summed E-state index contributed by atoms with van der Waals surface area (Å²) in [6.07, 6.45) is 4.21. The molecule has 20 heavy (non-hydrogen) atoms. The fourth-order valence-electron chi connectivity index (χ4n) is 1.95. The van der Waals surface area contributed by atoms with Crippen molar-refractivity contribution < 1.29 is 4.52 Å². The zero-order chi connectivity index (χ0) is 13.8. The summed E-state index contributed by atoms with van der Waals surface area (Å²) in [6, 6.07) is 10.0. The predicted molar refractivity (Wildman–Crippen MR) is 73.8 cm³/mol. The number of aromatic nitrogens is 4. The molecule has 0 atom stereocenters. The lowest BCUT2D eigenvalue weighted by atomic mass is 10.1. The second-order valence-corrected chi connectivity index (χ2v) is 4.46. The van der Waals surface area contributed by atoms with Gasteiger partial charge in [-0.3, -0.25) is 0 Å². The molecular formula is C14H15N5O. The Labute approximate surface area is 116 Å². The van der Waals surface area contributed by atoms with Crippen LogP contribution in [0.15, 0.2) is 47.4 Å². The van der Waals surface area contributed by atoms with Crippen LogP contribution in [0.3, 0.4) is 0 Å². The van der Waals surface area contributed by atoms with Gasteiger partial charge in [0.1, 0.15) is 5.69 Å². The molecule has 1 aromatic carbocycles. The van der Waals surface area contributed by atoms with E-state index in [1.54, 1.807) is 6.33 Å². The largest absolute Gasteiger partial charge is 0.335 e. The van der Waals surface area contributed by atoms with Crippen LogP contribution in [0.4, 0.5) is 0 Å². The summed E-state index contributed by atoms with van der Waals surface area (Å²) in [5.74, 6) is 1.09. The molecular weight excluding hydrogens is 254 g/mol. The highest BCUT2D eigenvalue weighted by atomic mass is 16.5. The van der Waals surface area contributed by atoms with Gasteiger partial charge in [-0.25, -0.2) is 4.98 Å². The fraction of sp³-hybridized carbons (Fsp3) is 0.214. The van der Waals surface area contributed by atoms with Gasteiger partial charge in [0.2, 0.25) is 0 Å². The summed E-state index contributed by atoms with van der Waals surface area (Å²) >= 11 is 0. The SMILES string of the molecule is NCCn1cnc(-c2nc(Cc3ccccc3)no2)c1. The molecule has 3 rings (SSSR count). The molecule has 0 fully saturated rings. The molecule has 2 heterocycles. The maximum absolute atomic E-state index is 5.50. The highest BCUT2D eigenvalue weighted by molar-refractivity contribution is 5.44. The highest BCUT2D eigenvalue weighted by Crippen LogP contribution is 2.15. The van der Waals surface area contributed by atoms with Gasteiger partial charge in [0, 0.05) is 25.7 Å². The zero-order valence-corrected chi connectivity index (χ0v) is 10.9. The summed E-state index contributed by atoms with van der Waals surface area (Å²) in [5, 5.41) is 3.98. The lowest BCUT2D eigenvalue weighted by molar-refractivity contribution is 0.423. The zero-order valence-electron chi connectivity index (χ0n) is 10.9. The Balaban J connectivity index is 1.76. The molecule has 0 spiro atoms. The first-order valence-electron chi connectivity index (χ1n) is 6.44. The Morgan fingerprint density at radius 3 is 2.85 bits per heavy atom. The van der Waals surface area contributed by atoms with Crippen LogP contribution in [0.5, 0.6) is 0 Å². The molecule has 2 aromatic heterocycles. The van der Waals surface area contributed by atoms with E-state index in [0.717, 1.165) is 12.1 Å². The second kappa shape index (κ2) is 5.66. The fourth-order valence-corrected chi connectivity index (χ4v) is 1.95. The Bertz CT molecular complexity index is 674. The minimum atomic E-state index is 0.437. The predicted octanol–water partition coefficient (Wildman–Crippen LogP) is 1.48. The number of rotatable bonds is 5. The summed E-state index contributed by atoms with van der Waals surface area (Å²) in [4.78, 5) is 8.60. The number of nitrogens with zero attached hydrogens (tertiary/aromatic N) is 4. The van der Waals surface area contributed by atoms with Crippen molar-refractivity contribution in [2.45, 2.75) is 13.0 Å². The van der Waals surface area contributed by atoms with Gasteiger partial charge in [0.05, 0.1) is 6.33 Å². The van der Waals surface area contributed by atoms with Crippen LogP contribution < -0.4 is 5.73 Å². The van der Waals surface area contributed by atoms with E-state index in [1.165, 1.54) is 0 Å². The van der Waals surface area contributed by atoms with E-state index in [2.05, 4.69) is 15.1 Å². The number of nitrogens with two attached hydrogens (primary N) is 1. The molecule has 2 N–H and O–H groups in total. The average Bonchev–Trinajstić information content (AvgIpc) is 3.10. The van der Waals surface area contributed by atoms with E-state index in [-0.39, 0.29) is 0 Å². The molecule has 0 aliphatic carbocycles. The standard InChI is InChI=1S/C14H15N5O/c15-6-7-19-9-12(16-10-19)14-17-13(18-20-14)8-11-4-2-1-3-5-11/h1-5,9-10H,6-8,15H2. The summed E-state index contributed by atoms with van der Waals surface area (Å²) < 4.78 is 7.15. The van der Waals surface area contributed by atoms with Gasteiger partial charge < -0.3 is 14.8 Å². The van der Waals surface area contributed by atoms with E-state index in [0.29, 0.717) is 30.4 Å². The van der Waals surface area contributed by atoms with Gasteiger partial charge >= 0.3 is 0 Å². The number of benzene rings is 1. The van der Waals surface area contributed by atoms with Crippen molar-refractivity contribution in [3.63, 3.8) is 0 Å². The molecule has 0 radical (unpaired) electrons. The Morgan fingerprint density at radius 1 is 1.20 bits per heavy atom. The third-order valence-corrected chi connectivity index (χ3v) is 2.91. The van der Waals surface area contributed by atoms with E-state index in [9.17, 15) is 0 Å². The minimum Gasteiger partial charge on any atom is -0.335 e. The van der Waals surface area contributed by atoms with Crippen molar-refractivity contribution in [1.29, 1.82) is 0 Å². The Morgan fingerprint density at radius 2 is 2.05 bits per heavy atom. The van der Waals surface area contributed by atoms with Crippen molar-refractivity contribution in [3.8, 4) is 11.6 Å². The molecule has 0 saturated heterocycles. The van der Waals surface area contributed by atoms with Crippen LogP contribution >= 0.6 is 0 Å². The Kier molecular flexibility index (Phi) is 3.56. The normalized spacial score (nSPS) is 10.8. The third kappa shape index (κ3) is 2.75. The lowest BCUT2D eigenvalue weighted by Crippen LogP contribution is -2.07. The average molecular weight is 269 g/mol. The molecule has 0 unspecified atom stereocenters. The first-order valence-corrected chi connectivity index (χ1v) is 6.44. The molecule has 0 saturated carbocycles. The highest BCUT2D eigenvalue weighted by Gasteiger charge is 2.11. The van der Waals surface area contributed by atoms with Gasteiger partial charge in [-0.15, -0.1) is 0 Å². The quantitative estimate of drug-likeness (QED) is 0.758. The molecule has 3 aromatic rings. The number of hydrogen-bond acceptors (Lipinski definition) is 5. The van der Waals surface area contributed by atoms with Gasteiger partial charge in [-0.2, -0.15) is 4.98 Å². The van der Waals surface area contributed by atoms with Gasteiger partial charge in [-0.05, 0) is 5.56 Å². The lowest BCUT2D eigenvalue weighted by Gasteiger charge is -1.94. The minimum absolute atomic E-state index is 0.437. The van der Waals surface area contributed by atoms with Crippen molar-refractivity contribution in [3.05, 3.63) is 54.2 Å². The monoisotopic (exact) mass is 269 g/mol. The summed E-state index contributed by atoms with van der Waals surface area (Å²) in [7, 11) is 0. The van der Waals surface area contributed by atoms with Crippen molar-refractivity contribution in [2.24, 2.45) is 5.73 Å².